The maximum absolute atomic E-state index is 13.3. The van der Waals surface area contributed by atoms with Crippen molar-refractivity contribution in [3.8, 4) is 0 Å². The number of fused-ring (bicyclic) bond motifs is 4. The highest BCUT2D eigenvalue weighted by atomic mass is 32.2. The van der Waals surface area contributed by atoms with E-state index in [-0.39, 0.29) is 22.3 Å². The minimum atomic E-state index is -3.73. The van der Waals surface area contributed by atoms with Gasteiger partial charge in [-0.2, -0.15) is 4.31 Å². The van der Waals surface area contributed by atoms with Crippen LogP contribution in [0, 0.1) is 11.7 Å². The Morgan fingerprint density at radius 1 is 0.939 bits per heavy atom. The van der Waals surface area contributed by atoms with Crippen molar-refractivity contribution in [2.45, 2.75) is 23.8 Å². The van der Waals surface area contributed by atoms with Crippen LogP contribution in [0.15, 0.2) is 76.4 Å². The fraction of sp³-hybridized carbons (Fsp3) is 0.250. The Hall–Kier alpha value is -3.30. The third-order valence-electron chi connectivity index (χ3n) is 6.30. The highest BCUT2D eigenvalue weighted by Crippen LogP contribution is 2.37. The van der Waals surface area contributed by atoms with Crippen LogP contribution in [0.2, 0.25) is 0 Å². The lowest BCUT2D eigenvalue weighted by Gasteiger charge is -2.42. The standard InChI is InChI=1S/C24H22FN3O4S/c25-19-6-4-17(5-7-19)24(30)26-20-8-10-21(11-9-20)33(31,32)27-13-16-12-18(15-27)22-2-1-3-23(29)28(22)14-16/h1-11,16,18H,12-15H2,(H,26,30)/t16-,18-/m1/s1. The number of carbonyl (C=O) groups excluding carboxylic acids is 1. The van der Waals surface area contributed by atoms with Crippen LogP contribution in [0.1, 0.15) is 28.4 Å². The number of anilines is 1. The van der Waals surface area contributed by atoms with Crippen molar-refractivity contribution in [2.24, 2.45) is 5.92 Å². The summed E-state index contributed by atoms with van der Waals surface area (Å²) in [5.74, 6) is -0.780. The van der Waals surface area contributed by atoms with Gasteiger partial charge in [-0.15, -0.1) is 0 Å². The Morgan fingerprint density at radius 2 is 1.67 bits per heavy atom. The van der Waals surface area contributed by atoms with E-state index in [1.165, 1.54) is 58.9 Å². The number of rotatable bonds is 4. The maximum Gasteiger partial charge on any atom is 0.255 e. The fourth-order valence-electron chi connectivity index (χ4n) is 4.71. The first-order chi connectivity index (χ1) is 15.8. The number of hydrogen-bond donors (Lipinski definition) is 1. The summed E-state index contributed by atoms with van der Waals surface area (Å²) in [5.41, 5.74) is 1.58. The van der Waals surface area contributed by atoms with Crippen LogP contribution in [-0.4, -0.2) is 36.3 Å². The molecule has 3 heterocycles. The predicted molar refractivity (Wildman–Crippen MR) is 121 cm³/mol. The minimum Gasteiger partial charge on any atom is -0.322 e. The number of hydrogen-bond acceptors (Lipinski definition) is 4. The van der Waals surface area contributed by atoms with Crippen molar-refractivity contribution in [3.05, 3.63) is 94.2 Å². The zero-order valence-electron chi connectivity index (χ0n) is 17.6. The molecule has 1 N–H and O–H groups in total. The summed E-state index contributed by atoms with van der Waals surface area (Å²) in [6, 6.07) is 16.3. The summed E-state index contributed by atoms with van der Waals surface area (Å²) < 4.78 is 42.9. The van der Waals surface area contributed by atoms with E-state index in [2.05, 4.69) is 5.32 Å². The molecule has 1 amide bonds. The number of pyridine rings is 1. The second-order valence-electron chi connectivity index (χ2n) is 8.51. The van der Waals surface area contributed by atoms with Gasteiger partial charge < -0.3 is 9.88 Å². The summed E-state index contributed by atoms with van der Waals surface area (Å²) >= 11 is 0. The number of aromatic nitrogens is 1. The lowest BCUT2D eigenvalue weighted by Crippen LogP contribution is -2.48. The van der Waals surface area contributed by atoms with Crippen molar-refractivity contribution < 1.29 is 17.6 Å². The number of piperidine rings is 1. The second kappa shape index (κ2) is 8.24. The Labute approximate surface area is 190 Å². The smallest absolute Gasteiger partial charge is 0.255 e. The molecule has 0 radical (unpaired) electrons. The van der Waals surface area contributed by atoms with E-state index in [0.29, 0.717) is 30.9 Å². The number of nitrogens with zero attached hydrogens (tertiary/aromatic N) is 2. The molecule has 9 heteroatoms. The summed E-state index contributed by atoms with van der Waals surface area (Å²) in [7, 11) is -3.73. The SMILES string of the molecule is O=C(Nc1ccc(S(=O)(=O)N2C[C@H]3C[C@H](C2)c2cccc(=O)n2C3)cc1)c1ccc(F)cc1. The fourth-order valence-corrected chi connectivity index (χ4v) is 6.27. The van der Waals surface area contributed by atoms with E-state index >= 15 is 0 Å². The minimum absolute atomic E-state index is 0.0181. The molecule has 2 bridgehead atoms. The maximum atomic E-state index is 13.3. The van der Waals surface area contributed by atoms with Crippen LogP contribution in [0.4, 0.5) is 10.1 Å². The van der Waals surface area contributed by atoms with Gasteiger partial charge in [-0.25, -0.2) is 12.8 Å². The highest BCUT2D eigenvalue weighted by molar-refractivity contribution is 7.89. The number of nitrogens with one attached hydrogen (secondary N) is 1. The van der Waals surface area contributed by atoms with Gasteiger partial charge in [0.15, 0.2) is 0 Å². The van der Waals surface area contributed by atoms with Gasteiger partial charge in [0, 0.05) is 48.6 Å². The molecule has 2 aliphatic rings. The molecule has 2 atom stereocenters. The third kappa shape index (κ3) is 4.09. The van der Waals surface area contributed by atoms with Gasteiger partial charge in [0.05, 0.1) is 4.90 Å². The molecular weight excluding hydrogens is 445 g/mol. The zero-order chi connectivity index (χ0) is 23.2. The van der Waals surface area contributed by atoms with Gasteiger partial charge in [0.2, 0.25) is 10.0 Å². The Bertz CT molecular complexity index is 1370. The Balaban J connectivity index is 1.33. The van der Waals surface area contributed by atoms with Crippen molar-refractivity contribution in [2.75, 3.05) is 18.4 Å². The average molecular weight is 468 g/mol. The van der Waals surface area contributed by atoms with Gasteiger partial charge in [-0.3, -0.25) is 9.59 Å². The van der Waals surface area contributed by atoms with Crippen LogP contribution >= 0.6 is 0 Å². The van der Waals surface area contributed by atoms with E-state index in [9.17, 15) is 22.4 Å². The molecule has 170 valence electrons. The first-order valence-electron chi connectivity index (χ1n) is 10.7. The van der Waals surface area contributed by atoms with Crippen molar-refractivity contribution in [3.63, 3.8) is 0 Å². The normalized spacial score (nSPS) is 20.2. The molecule has 0 aliphatic carbocycles. The zero-order valence-corrected chi connectivity index (χ0v) is 18.5. The molecule has 33 heavy (non-hydrogen) atoms. The van der Waals surface area contributed by atoms with E-state index in [1.54, 1.807) is 10.6 Å². The van der Waals surface area contributed by atoms with Crippen LogP contribution in [0.3, 0.4) is 0 Å². The van der Waals surface area contributed by atoms with Gasteiger partial charge in [0.1, 0.15) is 5.82 Å². The summed E-state index contributed by atoms with van der Waals surface area (Å²) in [6.45, 7) is 1.21. The first kappa shape index (κ1) is 21.5. The monoisotopic (exact) mass is 467 g/mol. The van der Waals surface area contributed by atoms with Gasteiger partial charge in [-0.05, 0) is 66.9 Å². The molecule has 0 saturated carbocycles. The highest BCUT2D eigenvalue weighted by Gasteiger charge is 2.39. The van der Waals surface area contributed by atoms with E-state index < -0.39 is 21.7 Å². The van der Waals surface area contributed by atoms with E-state index in [1.807, 2.05) is 6.07 Å². The lowest BCUT2D eigenvalue weighted by molar-refractivity contribution is 0.102. The summed E-state index contributed by atoms with van der Waals surface area (Å²) in [6.07, 6.45) is 0.865. The Kier molecular flexibility index (Phi) is 5.38. The van der Waals surface area contributed by atoms with Crippen molar-refractivity contribution in [1.82, 2.24) is 8.87 Å². The first-order valence-corrected chi connectivity index (χ1v) is 12.1. The molecule has 0 unspecified atom stereocenters. The number of amides is 1. The quantitative estimate of drug-likeness (QED) is 0.639. The van der Waals surface area contributed by atoms with E-state index in [0.717, 1.165) is 12.1 Å². The van der Waals surface area contributed by atoms with Crippen LogP contribution < -0.4 is 10.9 Å². The third-order valence-corrected chi connectivity index (χ3v) is 8.15. The van der Waals surface area contributed by atoms with Gasteiger partial charge >= 0.3 is 0 Å². The number of carbonyl (C=O) groups is 1. The molecule has 1 fully saturated rings. The van der Waals surface area contributed by atoms with Crippen molar-refractivity contribution in [1.29, 1.82) is 0 Å². The van der Waals surface area contributed by atoms with Gasteiger partial charge in [0.25, 0.3) is 11.5 Å². The largest absolute Gasteiger partial charge is 0.322 e. The topological polar surface area (TPSA) is 88.5 Å². The summed E-state index contributed by atoms with van der Waals surface area (Å²) in [4.78, 5) is 24.6. The molecule has 0 spiro atoms. The van der Waals surface area contributed by atoms with Crippen LogP contribution in [0.5, 0.6) is 0 Å². The average Bonchev–Trinajstić information content (AvgIpc) is 2.80. The molecule has 1 saturated heterocycles. The van der Waals surface area contributed by atoms with Crippen LogP contribution in [0.25, 0.3) is 0 Å². The molecule has 5 rings (SSSR count). The molecular formula is C24H22FN3O4S. The number of benzene rings is 2. The van der Waals surface area contributed by atoms with Gasteiger partial charge in [-0.1, -0.05) is 6.07 Å². The summed E-state index contributed by atoms with van der Waals surface area (Å²) in [5, 5.41) is 2.68. The number of halogens is 1. The van der Waals surface area contributed by atoms with E-state index in [4.69, 9.17) is 0 Å². The molecule has 7 nitrogen and oxygen atoms in total. The second-order valence-corrected chi connectivity index (χ2v) is 10.4. The molecule has 3 aromatic rings. The van der Waals surface area contributed by atoms with Crippen molar-refractivity contribution >= 4 is 21.6 Å². The molecule has 2 aromatic carbocycles. The molecule has 2 aliphatic heterocycles. The number of sulfonamides is 1. The Morgan fingerprint density at radius 3 is 2.39 bits per heavy atom. The van der Waals surface area contributed by atoms with Crippen LogP contribution in [-0.2, 0) is 16.6 Å². The predicted octanol–water partition coefficient (Wildman–Crippen LogP) is 3.05. The molecule has 1 aromatic heterocycles. The lowest BCUT2D eigenvalue weighted by atomic mass is 9.84.